The van der Waals surface area contributed by atoms with Crippen molar-refractivity contribution in [3.05, 3.63) is 32.6 Å². The topological polar surface area (TPSA) is 289 Å². The van der Waals surface area contributed by atoms with Crippen LogP contribution in [0.3, 0.4) is 0 Å². The van der Waals surface area contributed by atoms with E-state index in [4.69, 9.17) is 24.0 Å². The SMILES string of the molecule is CC(=O)CCCCC(=O)NCC#Cc1cn([C@@H]2O[C@H](COP(=O)(O)OP(=O)(O)OP(=O)(O)O)[C@H]3OC(C)(C)O[C@H]32)c(=O)[nH]c1=O. The lowest BCUT2D eigenvalue weighted by atomic mass is 10.1. The van der Waals surface area contributed by atoms with E-state index in [1.807, 2.05) is 0 Å². The largest absolute Gasteiger partial charge is 0.490 e. The minimum atomic E-state index is -5.77. The van der Waals surface area contributed by atoms with Crippen molar-refractivity contribution in [2.45, 2.75) is 76.8 Å². The van der Waals surface area contributed by atoms with E-state index in [1.54, 1.807) is 0 Å². The van der Waals surface area contributed by atoms with E-state index in [2.05, 4.69) is 35.3 Å². The number of fused-ring (bicyclic) bond motifs is 1. The average Bonchev–Trinajstić information content (AvgIpc) is 3.35. The molecule has 1 amide bonds. The Morgan fingerprint density at radius 2 is 1.69 bits per heavy atom. The first-order valence-electron chi connectivity index (χ1n) is 13.1. The van der Waals surface area contributed by atoms with E-state index < -0.39 is 71.7 Å². The monoisotopic (exact) mass is 703 g/mol. The standard InChI is InChI=1S/C22H32N3O17P3/c1-13(26)7-4-5-9-16(27)23-10-6-8-14-11-25(21(29)24-19(14)28)20-18-17(39-22(2,3)40-18)15(38-20)12-37-44(33,34)42-45(35,36)41-43(30,31)32/h11,15,17-18,20H,4-5,7,9-10,12H2,1-3H3,(H,23,27)(H,33,34)(H,35,36)(H,24,28,29)(H2,30,31,32)/t15-,17-,18-,20-/m1/s1. The molecule has 3 rings (SSSR count). The molecule has 252 valence electrons. The van der Waals surface area contributed by atoms with Gasteiger partial charge in [-0.3, -0.25) is 23.7 Å². The van der Waals surface area contributed by atoms with Gasteiger partial charge in [-0.25, -0.2) is 18.5 Å². The summed E-state index contributed by atoms with van der Waals surface area (Å²) >= 11 is 0. The minimum absolute atomic E-state index is 0.0285. The van der Waals surface area contributed by atoms with Crippen molar-refractivity contribution in [3.8, 4) is 11.8 Å². The number of rotatable bonds is 14. The molecular formula is C22H32N3O17P3. The predicted molar refractivity (Wildman–Crippen MR) is 148 cm³/mol. The number of aromatic nitrogens is 2. The van der Waals surface area contributed by atoms with E-state index in [1.165, 1.54) is 20.8 Å². The molecule has 2 saturated heterocycles. The molecule has 0 aliphatic carbocycles. The van der Waals surface area contributed by atoms with Crippen molar-refractivity contribution in [2.75, 3.05) is 13.2 Å². The zero-order chi connectivity index (χ0) is 33.8. The van der Waals surface area contributed by atoms with Crippen LogP contribution in [0.5, 0.6) is 0 Å². The van der Waals surface area contributed by atoms with Gasteiger partial charge >= 0.3 is 29.2 Å². The molecule has 23 heteroatoms. The first kappa shape index (κ1) is 37.1. The number of ether oxygens (including phenoxy) is 3. The Balaban J connectivity index is 1.72. The summed E-state index contributed by atoms with van der Waals surface area (Å²) in [4.78, 5) is 86.6. The number of ketones is 1. The number of carbonyl (C=O) groups is 2. The van der Waals surface area contributed by atoms with Gasteiger partial charge in [-0.2, -0.15) is 8.62 Å². The Labute approximate surface area is 254 Å². The molecule has 2 aliphatic rings. The number of carbonyl (C=O) groups excluding carboxylic acids is 2. The minimum Gasteiger partial charge on any atom is -0.346 e. The molecule has 2 unspecified atom stereocenters. The Morgan fingerprint density at radius 3 is 2.33 bits per heavy atom. The first-order chi connectivity index (χ1) is 20.7. The zero-order valence-corrected chi connectivity index (χ0v) is 26.7. The molecule has 45 heavy (non-hydrogen) atoms. The number of phosphoric ester groups is 1. The van der Waals surface area contributed by atoms with Gasteiger partial charge in [-0.1, -0.05) is 11.8 Å². The average molecular weight is 703 g/mol. The Hall–Kier alpha value is -2.33. The van der Waals surface area contributed by atoms with Crippen LogP contribution in [0.25, 0.3) is 0 Å². The number of unbranched alkanes of at least 4 members (excludes halogenated alkanes) is 1. The quantitative estimate of drug-likeness (QED) is 0.0838. The van der Waals surface area contributed by atoms with Crippen LogP contribution >= 0.6 is 23.5 Å². The van der Waals surface area contributed by atoms with Crippen molar-refractivity contribution >= 4 is 35.2 Å². The maximum Gasteiger partial charge on any atom is 0.490 e. The van der Waals surface area contributed by atoms with E-state index in [-0.39, 0.29) is 30.2 Å². The van der Waals surface area contributed by atoms with Crippen LogP contribution < -0.4 is 16.6 Å². The Morgan fingerprint density at radius 1 is 1.04 bits per heavy atom. The lowest BCUT2D eigenvalue weighted by Gasteiger charge is -2.25. The molecule has 0 bridgehead atoms. The zero-order valence-electron chi connectivity index (χ0n) is 24.0. The van der Waals surface area contributed by atoms with Gasteiger partial charge in [0.2, 0.25) is 5.91 Å². The summed E-state index contributed by atoms with van der Waals surface area (Å²) in [5.41, 5.74) is -1.99. The lowest BCUT2D eigenvalue weighted by Crippen LogP contribution is -2.38. The molecule has 0 saturated carbocycles. The number of H-pyrrole nitrogens is 1. The van der Waals surface area contributed by atoms with Crippen LogP contribution in [0, 0.1) is 11.8 Å². The smallest absolute Gasteiger partial charge is 0.346 e. The van der Waals surface area contributed by atoms with E-state index in [0.717, 1.165) is 10.8 Å². The van der Waals surface area contributed by atoms with Crippen molar-refractivity contribution in [2.24, 2.45) is 0 Å². The van der Waals surface area contributed by atoms with Gasteiger partial charge in [0, 0.05) is 19.0 Å². The van der Waals surface area contributed by atoms with Crippen molar-refractivity contribution in [1.29, 1.82) is 0 Å². The van der Waals surface area contributed by atoms with Crippen LogP contribution in [0.2, 0.25) is 0 Å². The van der Waals surface area contributed by atoms with Crippen LogP contribution in [0.1, 0.15) is 58.2 Å². The molecule has 20 nitrogen and oxygen atoms in total. The Bertz CT molecular complexity index is 1600. The van der Waals surface area contributed by atoms with Gasteiger partial charge in [0.1, 0.15) is 29.7 Å². The first-order valence-corrected chi connectivity index (χ1v) is 17.6. The summed E-state index contributed by atoms with van der Waals surface area (Å²) in [7, 11) is -16.9. The molecule has 1 aromatic rings. The second-order valence-electron chi connectivity index (χ2n) is 10.2. The summed E-state index contributed by atoms with van der Waals surface area (Å²) in [5, 5.41) is 2.55. The third-order valence-electron chi connectivity index (χ3n) is 5.96. The fourth-order valence-corrected chi connectivity index (χ4v) is 7.31. The number of phosphoric acid groups is 3. The van der Waals surface area contributed by atoms with Gasteiger partial charge in [0.05, 0.1) is 13.2 Å². The Kier molecular flexibility index (Phi) is 12.1. The van der Waals surface area contributed by atoms with Crippen LogP contribution in [0.4, 0.5) is 0 Å². The highest BCUT2D eigenvalue weighted by molar-refractivity contribution is 7.66. The summed E-state index contributed by atoms with van der Waals surface area (Å²) < 4.78 is 65.0. The number of aromatic amines is 1. The van der Waals surface area contributed by atoms with Crippen LogP contribution in [0.15, 0.2) is 15.8 Å². The number of hydrogen-bond donors (Lipinski definition) is 6. The highest BCUT2D eigenvalue weighted by atomic mass is 31.3. The molecule has 0 spiro atoms. The van der Waals surface area contributed by atoms with Crippen LogP contribution in [-0.4, -0.2) is 78.1 Å². The van der Waals surface area contributed by atoms with Gasteiger partial charge in [-0.05, 0) is 33.6 Å². The fourth-order valence-electron chi connectivity index (χ4n) is 4.28. The van der Waals surface area contributed by atoms with Crippen molar-refractivity contribution in [1.82, 2.24) is 14.9 Å². The maximum atomic E-state index is 12.7. The van der Waals surface area contributed by atoms with Gasteiger partial charge in [-0.15, -0.1) is 0 Å². The molecule has 2 aliphatic heterocycles. The second-order valence-corrected chi connectivity index (χ2v) is 14.6. The normalized spacial score (nSPS) is 25.0. The van der Waals surface area contributed by atoms with Crippen LogP contribution in [-0.2, 0) is 50.6 Å². The molecule has 3 heterocycles. The molecule has 2 fully saturated rings. The lowest BCUT2D eigenvalue weighted by molar-refractivity contribution is -0.200. The van der Waals surface area contributed by atoms with E-state index in [9.17, 15) is 42.7 Å². The van der Waals surface area contributed by atoms with E-state index >= 15 is 0 Å². The van der Waals surface area contributed by atoms with Gasteiger partial charge in [0.15, 0.2) is 12.0 Å². The fraction of sp³-hybridized carbons (Fsp3) is 0.636. The molecular weight excluding hydrogens is 671 g/mol. The number of nitrogens with zero attached hydrogens (tertiary/aromatic N) is 1. The van der Waals surface area contributed by atoms with Gasteiger partial charge in [0.25, 0.3) is 5.56 Å². The number of Topliss-reactive ketones (excluding diaryl/α,β-unsaturated/α-hetero) is 1. The third-order valence-corrected chi connectivity index (χ3v) is 9.77. The molecule has 6 N–H and O–H groups in total. The maximum absolute atomic E-state index is 12.7. The highest BCUT2D eigenvalue weighted by Crippen LogP contribution is 2.66. The number of nitrogens with one attached hydrogen (secondary N) is 2. The van der Waals surface area contributed by atoms with E-state index in [0.29, 0.717) is 19.3 Å². The highest BCUT2D eigenvalue weighted by Gasteiger charge is 2.56. The molecule has 0 radical (unpaired) electrons. The summed E-state index contributed by atoms with van der Waals surface area (Å²) in [6.07, 6.45) is -2.06. The summed E-state index contributed by atoms with van der Waals surface area (Å²) in [6.45, 7) is 3.49. The molecule has 6 atom stereocenters. The second kappa shape index (κ2) is 14.6. The molecule has 1 aromatic heterocycles. The van der Waals surface area contributed by atoms with Gasteiger partial charge < -0.3 is 43.9 Å². The predicted octanol–water partition coefficient (Wildman–Crippen LogP) is -0.0855. The summed E-state index contributed by atoms with van der Waals surface area (Å²) in [5.74, 6) is 3.60. The van der Waals surface area contributed by atoms with Crippen molar-refractivity contribution in [3.63, 3.8) is 0 Å². The number of amides is 1. The number of hydrogen-bond acceptors (Lipinski definition) is 13. The molecule has 0 aromatic carbocycles. The summed E-state index contributed by atoms with van der Waals surface area (Å²) in [6, 6.07) is 0. The third kappa shape index (κ3) is 11.5. The van der Waals surface area contributed by atoms with Crippen molar-refractivity contribution < 1.29 is 70.2 Å².